The largest absolute Gasteiger partial charge is 0.466 e. The molecule has 0 saturated carbocycles. The summed E-state index contributed by atoms with van der Waals surface area (Å²) in [7, 11) is 1.30. The van der Waals surface area contributed by atoms with Gasteiger partial charge in [-0.15, -0.1) is 0 Å². The van der Waals surface area contributed by atoms with Gasteiger partial charge in [0.2, 0.25) is 0 Å². The molecule has 4 heteroatoms. The second-order valence-corrected chi connectivity index (χ2v) is 2.88. The zero-order valence-electron chi connectivity index (χ0n) is 8.56. The minimum absolute atomic E-state index is 0.0361. The van der Waals surface area contributed by atoms with Gasteiger partial charge in [0.25, 0.3) is 0 Å². The number of hydrogen-bond donors (Lipinski definition) is 0. The fraction of sp³-hybridized carbons (Fsp3) is 0.182. The van der Waals surface area contributed by atoms with Crippen LogP contribution in [-0.4, -0.2) is 23.8 Å². The van der Waals surface area contributed by atoms with Crippen molar-refractivity contribution in [3.63, 3.8) is 0 Å². The summed E-state index contributed by atoms with van der Waals surface area (Å²) in [4.78, 5) is 25.7. The molecule has 1 aromatic heterocycles. The summed E-state index contributed by atoms with van der Waals surface area (Å²) in [5, 5.41) is 0. The molecular weight excluding hydrogens is 194 g/mol. The minimum Gasteiger partial charge on any atom is -0.466 e. The molecule has 0 aliphatic heterocycles. The number of Topliss-reactive ketones (excluding diaryl/α,β-unsaturated/α-hetero) is 1. The standard InChI is InChI=1S/C11H11NO3/c1-8(13)9-3-4-10(12-7-9)5-6-11(14)15-2/h3-7H,1-2H3. The maximum absolute atomic E-state index is 10.9. The summed E-state index contributed by atoms with van der Waals surface area (Å²) < 4.78 is 4.43. The highest BCUT2D eigenvalue weighted by Crippen LogP contribution is 2.02. The molecule has 0 spiro atoms. The van der Waals surface area contributed by atoms with Gasteiger partial charge in [0.1, 0.15) is 0 Å². The molecule has 0 saturated heterocycles. The van der Waals surface area contributed by atoms with Gasteiger partial charge in [0.05, 0.1) is 12.8 Å². The fourth-order valence-electron chi connectivity index (χ4n) is 0.934. The lowest BCUT2D eigenvalue weighted by Crippen LogP contribution is -1.95. The predicted molar refractivity (Wildman–Crippen MR) is 55.3 cm³/mol. The topological polar surface area (TPSA) is 56.3 Å². The number of hydrogen-bond acceptors (Lipinski definition) is 4. The van der Waals surface area contributed by atoms with Crippen molar-refractivity contribution < 1.29 is 14.3 Å². The lowest BCUT2D eigenvalue weighted by Gasteiger charge is -1.95. The Balaban J connectivity index is 2.77. The highest BCUT2D eigenvalue weighted by atomic mass is 16.5. The third-order valence-corrected chi connectivity index (χ3v) is 1.78. The molecule has 1 heterocycles. The van der Waals surface area contributed by atoms with Gasteiger partial charge in [0.15, 0.2) is 5.78 Å². The molecule has 0 aliphatic rings. The first-order chi connectivity index (χ1) is 7.13. The van der Waals surface area contributed by atoms with E-state index in [0.29, 0.717) is 11.3 Å². The summed E-state index contributed by atoms with van der Waals surface area (Å²) >= 11 is 0. The van der Waals surface area contributed by atoms with E-state index in [-0.39, 0.29) is 5.78 Å². The van der Waals surface area contributed by atoms with Crippen molar-refractivity contribution in [2.45, 2.75) is 6.92 Å². The zero-order chi connectivity index (χ0) is 11.3. The Morgan fingerprint density at radius 2 is 2.13 bits per heavy atom. The molecular formula is C11H11NO3. The number of carbonyl (C=O) groups is 2. The number of ketones is 1. The molecule has 1 rings (SSSR count). The number of ether oxygens (including phenoxy) is 1. The molecule has 0 atom stereocenters. The lowest BCUT2D eigenvalue weighted by atomic mass is 10.2. The second-order valence-electron chi connectivity index (χ2n) is 2.88. The molecule has 4 nitrogen and oxygen atoms in total. The Kier molecular flexibility index (Phi) is 3.74. The van der Waals surface area contributed by atoms with Crippen LogP contribution >= 0.6 is 0 Å². The monoisotopic (exact) mass is 205 g/mol. The predicted octanol–water partition coefficient (Wildman–Crippen LogP) is 1.47. The van der Waals surface area contributed by atoms with Gasteiger partial charge >= 0.3 is 5.97 Å². The first kappa shape index (κ1) is 11.1. The van der Waals surface area contributed by atoms with Crippen molar-refractivity contribution >= 4 is 17.8 Å². The lowest BCUT2D eigenvalue weighted by molar-refractivity contribution is -0.134. The molecule has 15 heavy (non-hydrogen) atoms. The van der Waals surface area contributed by atoms with E-state index in [9.17, 15) is 9.59 Å². The number of methoxy groups -OCH3 is 1. The van der Waals surface area contributed by atoms with E-state index in [0.717, 1.165) is 0 Å². The summed E-state index contributed by atoms with van der Waals surface area (Å²) in [6, 6.07) is 3.32. The van der Waals surface area contributed by atoms with Crippen molar-refractivity contribution in [2.75, 3.05) is 7.11 Å². The van der Waals surface area contributed by atoms with Crippen molar-refractivity contribution in [1.82, 2.24) is 4.98 Å². The molecule has 0 N–H and O–H groups in total. The zero-order valence-corrected chi connectivity index (χ0v) is 8.56. The van der Waals surface area contributed by atoms with Crippen LogP contribution < -0.4 is 0 Å². The Morgan fingerprint density at radius 3 is 2.60 bits per heavy atom. The molecule has 0 fully saturated rings. The molecule has 0 radical (unpaired) electrons. The van der Waals surface area contributed by atoms with Gasteiger partial charge in [0, 0.05) is 17.8 Å². The summed E-state index contributed by atoms with van der Waals surface area (Å²) in [5.74, 6) is -0.474. The highest BCUT2D eigenvalue weighted by molar-refractivity contribution is 5.93. The van der Waals surface area contributed by atoms with Crippen molar-refractivity contribution in [3.8, 4) is 0 Å². The smallest absolute Gasteiger partial charge is 0.330 e. The Morgan fingerprint density at radius 1 is 1.40 bits per heavy atom. The van der Waals surface area contributed by atoms with Gasteiger partial charge in [-0.05, 0) is 25.1 Å². The van der Waals surface area contributed by atoms with E-state index in [1.54, 1.807) is 12.1 Å². The normalized spacial score (nSPS) is 10.3. The van der Waals surface area contributed by atoms with Crippen LogP contribution in [-0.2, 0) is 9.53 Å². The van der Waals surface area contributed by atoms with Crippen LogP contribution in [0.25, 0.3) is 6.08 Å². The van der Waals surface area contributed by atoms with Crippen LogP contribution in [0.2, 0.25) is 0 Å². The van der Waals surface area contributed by atoms with E-state index in [1.165, 1.54) is 32.4 Å². The Hall–Kier alpha value is -1.97. The first-order valence-electron chi connectivity index (χ1n) is 4.36. The average molecular weight is 205 g/mol. The number of rotatable bonds is 3. The van der Waals surface area contributed by atoms with Crippen LogP contribution in [0.5, 0.6) is 0 Å². The van der Waals surface area contributed by atoms with Gasteiger partial charge in [-0.2, -0.15) is 0 Å². The van der Waals surface area contributed by atoms with Gasteiger partial charge in [-0.1, -0.05) is 0 Å². The molecule has 0 unspecified atom stereocenters. The van der Waals surface area contributed by atoms with E-state index in [2.05, 4.69) is 9.72 Å². The number of carbonyl (C=O) groups excluding carboxylic acids is 2. The Labute approximate surface area is 87.6 Å². The Bertz CT molecular complexity index is 393. The van der Waals surface area contributed by atoms with Crippen molar-refractivity contribution in [3.05, 3.63) is 35.7 Å². The number of esters is 1. The van der Waals surface area contributed by atoms with Crippen LogP contribution in [0.1, 0.15) is 23.0 Å². The van der Waals surface area contributed by atoms with Gasteiger partial charge in [-0.3, -0.25) is 9.78 Å². The van der Waals surface area contributed by atoms with Crippen LogP contribution in [0, 0.1) is 0 Å². The summed E-state index contributed by atoms with van der Waals surface area (Å²) in [5.41, 5.74) is 1.15. The number of nitrogens with zero attached hydrogens (tertiary/aromatic N) is 1. The molecule has 78 valence electrons. The van der Waals surface area contributed by atoms with E-state index >= 15 is 0 Å². The van der Waals surface area contributed by atoms with Crippen LogP contribution in [0.4, 0.5) is 0 Å². The fourth-order valence-corrected chi connectivity index (χ4v) is 0.934. The SMILES string of the molecule is COC(=O)C=Cc1ccc(C(C)=O)cn1. The highest BCUT2D eigenvalue weighted by Gasteiger charge is 1.98. The second kappa shape index (κ2) is 5.05. The molecule has 0 aromatic carbocycles. The average Bonchev–Trinajstić information content (AvgIpc) is 2.26. The van der Waals surface area contributed by atoms with Gasteiger partial charge < -0.3 is 4.74 Å². The quantitative estimate of drug-likeness (QED) is 0.426. The maximum Gasteiger partial charge on any atom is 0.330 e. The first-order valence-corrected chi connectivity index (χ1v) is 4.36. The van der Waals surface area contributed by atoms with Crippen molar-refractivity contribution in [1.29, 1.82) is 0 Å². The van der Waals surface area contributed by atoms with Crippen LogP contribution in [0.3, 0.4) is 0 Å². The minimum atomic E-state index is -0.438. The van der Waals surface area contributed by atoms with Crippen molar-refractivity contribution in [2.24, 2.45) is 0 Å². The van der Waals surface area contributed by atoms with E-state index in [1.807, 2.05) is 0 Å². The van der Waals surface area contributed by atoms with Crippen LogP contribution in [0.15, 0.2) is 24.4 Å². The molecule has 0 aliphatic carbocycles. The third-order valence-electron chi connectivity index (χ3n) is 1.78. The summed E-state index contributed by atoms with van der Waals surface area (Å²) in [6.45, 7) is 1.47. The van der Waals surface area contributed by atoms with E-state index in [4.69, 9.17) is 0 Å². The molecule has 1 aromatic rings. The molecule has 0 bridgehead atoms. The maximum atomic E-state index is 10.9. The molecule has 0 amide bonds. The third kappa shape index (κ3) is 3.34. The van der Waals surface area contributed by atoms with Gasteiger partial charge in [-0.25, -0.2) is 4.79 Å². The number of aromatic nitrogens is 1. The van der Waals surface area contributed by atoms with E-state index < -0.39 is 5.97 Å². The number of pyridine rings is 1. The summed E-state index contributed by atoms with van der Waals surface area (Å²) in [6.07, 6.45) is 4.27.